The number of carboxylic acids is 1. The fraction of sp³-hybridized carbons (Fsp3) is 0.100. The van der Waals surface area contributed by atoms with Crippen LogP contribution in [0.15, 0.2) is 22.0 Å². The number of carbonyl (C=O) groups is 1. The first-order valence-corrected chi connectivity index (χ1v) is 5.68. The quantitative estimate of drug-likeness (QED) is 0.859. The Labute approximate surface area is 93.3 Å². The summed E-state index contributed by atoms with van der Waals surface area (Å²) < 4.78 is 1.97. The molecule has 0 radical (unpaired) electrons. The predicted molar refractivity (Wildman–Crippen MR) is 61.2 cm³/mol. The second kappa shape index (κ2) is 3.37. The summed E-state index contributed by atoms with van der Waals surface area (Å²) >= 11 is 4.86. The largest absolute Gasteiger partial charge is 0.478 e. The third-order valence-corrected chi connectivity index (χ3v) is 3.97. The molecule has 0 spiro atoms. The summed E-state index contributed by atoms with van der Waals surface area (Å²) in [5.41, 5.74) is 1.38. The van der Waals surface area contributed by atoms with Crippen LogP contribution in [0, 0.1) is 6.92 Å². The summed E-state index contributed by atoms with van der Waals surface area (Å²) in [6, 6.07) is 3.88. The number of halogens is 1. The van der Waals surface area contributed by atoms with Crippen LogP contribution in [0.1, 0.15) is 15.9 Å². The molecule has 1 heterocycles. The highest BCUT2D eigenvalue weighted by atomic mass is 79.9. The van der Waals surface area contributed by atoms with Crippen molar-refractivity contribution in [3.8, 4) is 0 Å². The van der Waals surface area contributed by atoms with Crippen molar-refractivity contribution in [3.63, 3.8) is 0 Å². The van der Waals surface area contributed by atoms with Gasteiger partial charge in [0, 0.05) is 19.9 Å². The molecule has 1 aromatic carbocycles. The fourth-order valence-corrected chi connectivity index (χ4v) is 2.75. The third kappa shape index (κ3) is 1.35. The monoisotopic (exact) mass is 270 g/mol. The van der Waals surface area contributed by atoms with E-state index in [9.17, 15) is 4.79 Å². The Morgan fingerprint density at radius 3 is 2.86 bits per heavy atom. The maximum Gasteiger partial charge on any atom is 0.337 e. The number of benzene rings is 1. The van der Waals surface area contributed by atoms with Crippen LogP contribution in [0.2, 0.25) is 0 Å². The molecule has 0 aliphatic heterocycles. The topological polar surface area (TPSA) is 37.3 Å². The lowest BCUT2D eigenvalue weighted by Crippen LogP contribution is -1.94. The second-order valence-corrected chi connectivity index (χ2v) is 4.77. The van der Waals surface area contributed by atoms with Crippen molar-refractivity contribution < 1.29 is 9.90 Å². The molecule has 0 bridgehead atoms. The summed E-state index contributed by atoms with van der Waals surface area (Å²) in [4.78, 5) is 10.9. The Morgan fingerprint density at radius 1 is 1.50 bits per heavy atom. The van der Waals surface area contributed by atoms with E-state index in [1.807, 2.05) is 19.1 Å². The number of hydrogen-bond donors (Lipinski definition) is 1. The molecule has 2 nitrogen and oxygen atoms in total. The van der Waals surface area contributed by atoms with E-state index in [2.05, 4.69) is 15.9 Å². The molecule has 2 aromatic rings. The lowest BCUT2D eigenvalue weighted by atomic mass is 10.1. The molecule has 0 aliphatic rings. The highest BCUT2D eigenvalue weighted by Gasteiger charge is 2.13. The van der Waals surface area contributed by atoms with Gasteiger partial charge in [0.05, 0.1) is 5.56 Å². The summed E-state index contributed by atoms with van der Waals surface area (Å²) in [6.45, 7) is 1.92. The number of carboxylic acid groups (broad SMARTS) is 1. The maximum atomic E-state index is 10.9. The van der Waals surface area contributed by atoms with Crippen LogP contribution in [-0.4, -0.2) is 11.1 Å². The van der Waals surface area contributed by atoms with E-state index in [0.717, 1.165) is 20.1 Å². The summed E-state index contributed by atoms with van der Waals surface area (Å²) in [5.74, 6) is -0.863. The van der Waals surface area contributed by atoms with Gasteiger partial charge in [0.15, 0.2) is 0 Å². The van der Waals surface area contributed by atoms with E-state index in [4.69, 9.17) is 5.11 Å². The molecule has 0 unspecified atom stereocenters. The zero-order valence-electron chi connectivity index (χ0n) is 7.37. The first kappa shape index (κ1) is 9.68. The minimum absolute atomic E-state index is 0.392. The molecule has 2 rings (SSSR count). The average Bonchev–Trinajstić information content (AvgIpc) is 2.55. The van der Waals surface area contributed by atoms with Crippen molar-refractivity contribution in [1.29, 1.82) is 0 Å². The van der Waals surface area contributed by atoms with Crippen LogP contribution < -0.4 is 0 Å². The SMILES string of the molecule is Cc1c(Br)ccc2scc(C(=O)O)c12. The van der Waals surface area contributed by atoms with Crippen LogP contribution in [0.3, 0.4) is 0 Å². The molecule has 0 saturated carbocycles. The smallest absolute Gasteiger partial charge is 0.337 e. The normalized spacial score (nSPS) is 10.7. The lowest BCUT2D eigenvalue weighted by Gasteiger charge is -2.00. The number of hydrogen-bond acceptors (Lipinski definition) is 2. The standard InChI is InChI=1S/C10H7BrO2S/c1-5-7(11)2-3-8-9(5)6(4-14-8)10(12)13/h2-4H,1H3,(H,12,13). The van der Waals surface area contributed by atoms with Gasteiger partial charge in [-0.05, 0) is 24.6 Å². The third-order valence-electron chi connectivity index (χ3n) is 2.16. The van der Waals surface area contributed by atoms with E-state index in [-0.39, 0.29) is 0 Å². The van der Waals surface area contributed by atoms with Crippen molar-refractivity contribution in [3.05, 3.63) is 33.1 Å². The van der Waals surface area contributed by atoms with Gasteiger partial charge < -0.3 is 5.11 Å². The molecule has 0 fully saturated rings. The van der Waals surface area contributed by atoms with Gasteiger partial charge in [-0.1, -0.05) is 15.9 Å². The highest BCUT2D eigenvalue weighted by Crippen LogP contribution is 2.32. The van der Waals surface area contributed by atoms with Crippen molar-refractivity contribution in [1.82, 2.24) is 0 Å². The lowest BCUT2D eigenvalue weighted by molar-refractivity contribution is 0.0699. The highest BCUT2D eigenvalue weighted by molar-refractivity contribution is 9.10. The zero-order chi connectivity index (χ0) is 10.3. The van der Waals surface area contributed by atoms with Gasteiger partial charge in [-0.2, -0.15) is 0 Å². The molecule has 0 atom stereocenters. The van der Waals surface area contributed by atoms with Gasteiger partial charge in [-0.25, -0.2) is 4.79 Å². The van der Waals surface area contributed by atoms with Gasteiger partial charge in [-0.3, -0.25) is 0 Å². The van der Waals surface area contributed by atoms with Gasteiger partial charge in [0.1, 0.15) is 0 Å². The minimum Gasteiger partial charge on any atom is -0.478 e. The first-order chi connectivity index (χ1) is 6.61. The van der Waals surface area contributed by atoms with Crippen molar-refractivity contribution in [2.45, 2.75) is 6.92 Å². The number of fused-ring (bicyclic) bond motifs is 1. The minimum atomic E-state index is -0.863. The van der Waals surface area contributed by atoms with Gasteiger partial charge in [-0.15, -0.1) is 11.3 Å². The molecule has 1 aromatic heterocycles. The molecule has 0 aliphatic carbocycles. The Hall–Kier alpha value is -0.870. The molecule has 14 heavy (non-hydrogen) atoms. The zero-order valence-corrected chi connectivity index (χ0v) is 9.78. The van der Waals surface area contributed by atoms with Crippen molar-refractivity contribution in [2.24, 2.45) is 0 Å². The van der Waals surface area contributed by atoms with Crippen molar-refractivity contribution >= 4 is 43.3 Å². The van der Waals surface area contributed by atoms with E-state index in [0.29, 0.717) is 5.56 Å². The molecule has 0 amide bonds. The Balaban J connectivity index is 2.89. The summed E-state index contributed by atoms with van der Waals surface area (Å²) in [7, 11) is 0. The average molecular weight is 271 g/mol. The van der Waals surface area contributed by atoms with Gasteiger partial charge in [0.25, 0.3) is 0 Å². The molecule has 72 valence electrons. The number of aromatic carboxylic acids is 1. The Kier molecular flexibility index (Phi) is 2.33. The molecular formula is C10H7BrO2S. The summed E-state index contributed by atoms with van der Waals surface area (Å²) in [5, 5.41) is 11.5. The van der Waals surface area contributed by atoms with Crippen molar-refractivity contribution in [2.75, 3.05) is 0 Å². The Bertz CT molecular complexity index is 516. The fourth-order valence-electron chi connectivity index (χ4n) is 1.43. The van der Waals surface area contributed by atoms with Crippen LogP contribution in [-0.2, 0) is 0 Å². The van der Waals surface area contributed by atoms with Crippen LogP contribution in [0.5, 0.6) is 0 Å². The molecule has 1 N–H and O–H groups in total. The second-order valence-electron chi connectivity index (χ2n) is 3.00. The van der Waals surface area contributed by atoms with E-state index in [1.165, 1.54) is 11.3 Å². The van der Waals surface area contributed by atoms with E-state index >= 15 is 0 Å². The Morgan fingerprint density at radius 2 is 2.21 bits per heavy atom. The van der Waals surface area contributed by atoms with Gasteiger partial charge in [0.2, 0.25) is 0 Å². The molecular weight excluding hydrogens is 264 g/mol. The van der Waals surface area contributed by atoms with E-state index in [1.54, 1.807) is 5.38 Å². The van der Waals surface area contributed by atoms with Crippen LogP contribution >= 0.6 is 27.3 Å². The molecule has 0 saturated heterocycles. The molecule has 4 heteroatoms. The van der Waals surface area contributed by atoms with Crippen LogP contribution in [0.25, 0.3) is 10.1 Å². The summed E-state index contributed by atoms with van der Waals surface area (Å²) in [6.07, 6.45) is 0. The number of thiophene rings is 1. The number of aryl methyl sites for hydroxylation is 1. The van der Waals surface area contributed by atoms with Crippen LogP contribution in [0.4, 0.5) is 0 Å². The maximum absolute atomic E-state index is 10.9. The van der Waals surface area contributed by atoms with E-state index < -0.39 is 5.97 Å². The van der Waals surface area contributed by atoms with Gasteiger partial charge >= 0.3 is 5.97 Å². The predicted octanol–water partition coefficient (Wildman–Crippen LogP) is 3.67. The number of rotatable bonds is 1. The first-order valence-electron chi connectivity index (χ1n) is 4.01.